The topological polar surface area (TPSA) is 74.6 Å². The average molecular weight is 178 g/mol. The second-order valence-electron chi connectivity index (χ2n) is 3.20. The minimum Gasteiger partial charge on any atom is -0.481 e. The zero-order valence-corrected chi connectivity index (χ0v) is 6.87. The van der Waals surface area contributed by atoms with Crippen molar-refractivity contribution < 1.29 is 24.2 Å². The van der Waals surface area contributed by atoms with Gasteiger partial charge in [-0.05, 0) is 13.8 Å². The van der Waals surface area contributed by atoms with Crippen LogP contribution in [0.3, 0.4) is 0 Å². The molecule has 70 valence electrons. The van der Waals surface area contributed by atoms with Gasteiger partial charge in [-0.1, -0.05) is 0 Å². The lowest BCUT2D eigenvalue weighted by atomic mass is 9.87. The van der Waals surface area contributed by atoms with E-state index in [-0.39, 0.29) is 0 Å². The molecule has 0 rings (SSSR count). The van der Waals surface area contributed by atoms with Crippen LogP contribution in [-0.2, 0) is 9.59 Å². The molecule has 1 unspecified atom stereocenters. The lowest BCUT2D eigenvalue weighted by molar-refractivity contribution is -0.151. The quantitative estimate of drug-likeness (QED) is 0.670. The maximum Gasteiger partial charge on any atom is 0.338 e. The summed E-state index contributed by atoms with van der Waals surface area (Å²) in [5, 5.41) is 16.7. The van der Waals surface area contributed by atoms with Crippen LogP contribution in [0.5, 0.6) is 0 Å². The Balaban J connectivity index is 4.24. The van der Waals surface area contributed by atoms with E-state index in [9.17, 15) is 14.0 Å². The van der Waals surface area contributed by atoms with Gasteiger partial charge in [-0.3, -0.25) is 4.79 Å². The molecule has 0 amide bonds. The molecule has 0 saturated heterocycles. The maximum atomic E-state index is 12.5. The maximum absolute atomic E-state index is 12.5. The van der Waals surface area contributed by atoms with Crippen LogP contribution in [0.4, 0.5) is 4.39 Å². The molecule has 0 aliphatic heterocycles. The third-order valence-electron chi connectivity index (χ3n) is 1.54. The summed E-state index contributed by atoms with van der Waals surface area (Å²) < 4.78 is 12.5. The molecule has 1 atom stereocenters. The first-order valence-corrected chi connectivity index (χ1v) is 3.37. The third kappa shape index (κ3) is 2.86. The van der Waals surface area contributed by atoms with Gasteiger partial charge in [0.05, 0.1) is 5.41 Å². The van der Waals surface area contributed by atoms with E-state index in [1.54, 1.807) is 0 Å². The molecule has 0 aromatic rings. The number of carboxylic acid groups (broad SMARTS) is 2. The Morgan fingerprint density at radius 2 is 1.83 bits per heavy atom. The number of aliphatic carboxylic acids is 2. The molecule has 0 heterocycles. The second-order valence-corrected chi connectivity index (χ2v) is 3.20. The fourth-order valence-electron chi connectivity index (χ4n) is 0.623. The number of carboxylic acids is 2. The zero-order valence-electron chi connectivity index (χ0n) is 6.87. The van der Waals surface area contributed by atoms with E-state index < -0.39 is 29.9 Å². The summed E-state index contributed by atoms with van der Waals surface area (Å²) in [4.78, 5) is 20.5. The Bertz CT molecular complexity index is 200. The van der Waals surface area contributed by atoms with Gasteiger partial charge in [-0.15, -0.1) is 0 Å². The van der Waals surface area contributed by atoms with E-state index in [0.717, 1.165) is 0 Å². The van der Waals surface area contributed by atoms with Crippen LogP contribution in [0.2, 0.25) is 0 Å². The van der Waals surface area contributed by atoms with Crippen molar-refractivity contribution in [3.8, 4) is 0 Å². The van der Waals surface area contributed by atoms with Crippen LogP contribution in [0.15, 0.2) is 0 Å². The molecule has 0 fully saturated rings. The van der Waals surface area contributed by atoms with Crippen LogP contribution in [0.1, 0.15) is 20.3 Å². The van der Waals surface area contributed by atoms with Crippen molar-refractivity contribution in [1.29, 1.82) is 0 Å². The predicted molar refractivity (Wildman–Crippen MR) is 38.6 cm³/mol. The predicted octanol–water partition coefficient (Wildman–Crippen LogP) is 0.910. The van der Waals surface area contributed by atoms with E-state index >= 15 is 0 Å². The van der Waals surface area contributed by atoms with Gasteiger partial charge in [0.15, 0.2) is 6.17 Å². The molecule has 0 aromatic carbocycles. The summed E-state index contributed by atoms with van der Waals surface area (Å²) in [5.74, 6) is -2.82. The summed E-state index contributed by atoms with van der Waals surface area (Å²) in [7, 11) is 0. The Labute approximate surface area is 69.0 Å². The SMILES string of the molecule is CC(C)(CC(F)C(=O)O)C(=O)O. The molecule has 5 heteroatoms. The lowest BCUT2D eigenvalue weighted by Gasteiger charge is -2.19. The molecule has 4 nitrogen and oxygen atoms in total. The molecule has 0 saturated carbocycles. The van der Waals surface area contributed by atoms with Gasteiger partial charge in [-0.2, -0.15) is 0 Å². The smallest absolute Gasteiger partial charge is 0.338 e. The van der Waals surface area contributed by atoms with E-state index in [0.29, 0.717) is 0 Å². The molecule has 12 heavy (non-hydrogen) atoms. The van der Waals surface area contributed by atoms with Gasteiger partial charge in [-0.25, -0.2) is 9.18 Å². The Morgan fingerprint density at radius 3 is 2.08 bits per heavy atom. The molecular formula is C7H11FO4. The summed E-state index contributed by atoms with van der Waals surface area (Å²) in [6.07, 6.45) is -2.63. The van der Waals surface area contributed by atoms with Crippen LogP contribution >= 0.6 is 0 Å². The van der Waals surface area contributed by atoms with E-state index in [4.69, 9.17) is 10.2 Å². The number of hydrogen-bond acceptors (Lipinski definition) is 2. The largest absolute Gasteiger partial charge is 0.481 e. The van der Waals surface area contributed by atoms with Crippen molar-refractivity contribution in [2.24, 2.45) is 5.41 Å². The van der Waals surface area contributed by atoms with Crippen LogP contribution in [0.25, 0.3) is 0 Å². The first kappa shape index (κ1) is 10.9. The normalized spacial score (nSPS) is 13.9. The van der Waals surface area contributed by atoms with Crippen LogP contribution in [0, 0.1) is 5.41 Å². The van der Waals surface area contributed by atoms with Crippen molar-refractivity contribution >= 4 is 11.9 Å². The van der Waals surface area contributed by atoms with E-state index in [1.807, 2.05) is 0 Å². The number of hydrogen-bond donors (Lipinski definition) is 2. The van der Waals surface area contributed by atoms with E-state index in [2.05, 4.69) is 0 Å². The van der Waals surface area contributed by atoms with Gasteiger partial charge >= 0.3 is 11.9 Å². The molecular weight excluding hydrogens is 167 g/mol. The fraction of sp³-hybridized carbons (Fsp3) is 0.714. The fourth-order valence-corrected chi connectivity index (χ4v) is 0.623. The summed E-state index contributed by atoms with van der Waals surface area (Å²) in [6.45, 7) is 2.57. The number of rotatable bonds is 4. The van der Waals surface area contributed by atoms with Gasteiger partial charge < -0.3 is 10.2 Å². The minimum absolute atomic E-state index is 0.516. The highest BCUT2D eigenvalue weighted by atomic mass is 19.1. The van der Waals surface area contributed by atoms with Crippen molar-refractivity contribution in [1.82, 2.24) is 0 Å². The number of carbonyl (C=O) groups is 2. The highest BCUT2D eigenvalue weighted by Gasteiger charge is 2.33. The standard InChI is InChI=1S/C7H11FO4/c1-7(2,6(11)12)3-4(8)5(9)10/h4H,3H2,1-2H3,(H,9,10)(H,11,12). The Kier molecular flexibility index (Phi) is 3.18. The van der Waals surface area contributed by atoms with Gasteiger partial charge in [0.25, 0.3) is 0 Å². The molecule has 0 bridgehead atoms. The Hall–Kier alpha value is -1.13. The summed E-state index contributed by atoms with van der Waals surface area (Å²) in [6, 6.07) is 0. The molecule has 0 spiro atoms. The first-order chi connectivity index (χ1) is 5.27. The van der Waals surface area contributed by atoms with Crippen LogP contribution in [-0.4, -0.2) is 28.3 Å². The third-order valence-corrected chi connectivity index (χ3v) is 1.54. The van der Waals surface area contributed by atoms with Crippen molar-refractivity contribution in [2.45, 2.75) is 26.4 Å². The molecule has 0 aromatic heterocycles. The zero-order chi connectivity index (χ0) is 9.94. The van der Waals surface area contributed by atoms with Gasteiger partial charge in [0.1, 0.15) is 0 Å². The molecule has 0 aliphatic rings. The van der Waals surface area contributed by atoms with Gasteiger partial charge in [0.2, 0.25) is 0 Å². The molecule has 0 aliphatic carbocycles. The monoisotopic (exact) mass is 178 g/mol. The number of halogens is 1. The summed E-state index contributed by atoms with van der Waals surface area (Å²) in [5.41, 5.74) is -1.34. The van der Waals surface area contributed by atoms with Crippen molar-refractivity contribution in [3.05, 3.63) is 0 Å². The lowest BCUT2D eigenvalue weighted by Crippen LogP contribution is -2.30. The van der Waals surface area contributed by atoms with Crippen LogP contribution < -0.4 is 0 Å². The number of alkyl halides is 1. The minimum atomic E-state index is -2.11. The highest BCUT2D eigenvalue weighted by Crippen LogP contribution is 2.23. The summed E-state index contributed by atoms with van der Waals surface area (Å²) >= 11 is 0. The van der Waals surface area contributed by atoms with E-state index in [1.165, 1.54) is 13.8 Å². The van der Waals surface area contributed by atoms with Gasteiger partial charge in [0, 0.05) is 6.42 Å². The second kappa shape index (κ2) is 3.51. The average Bonchev–Trinajstić information content (AvgIpc) is 1.85. The highest BCUT2D eigenvalue weighted by molar-refractivity contribution is 5.77. The molecule has 0 radical (unpaired) electrons. The Morgan fingerprint density at radius 1 is 1.42 bits per heavy atom. The molecule has 2 N–H and O–H groups in total. The van der Waals surface area contributed by atoms with Crippen molar-refractivity contribution in [3.63, 3.8) is 0 Å². The first-order valence-electron chi connectivity index (χ1n) is 3.37. The van der Waals surface area contributed by atoms with Crippen molar-refractivity contribution in [2.75, 3.05) is 0 Å².